The van der Waals surface area contributed by atoms with E-state index in [1.54, 1.807) is 12.1 Å². The second-order valence-electron chi connectivity index (χ2n) is 2.02. The number of hydrogen-bond acceptors (Lipinski definition) is 1. The third-order valence-corrected chi connectivity index (χ3v) is 3.32. The van der Waals surface area contributed by atoms with Gasteiger partial charge in [-0.2, -0.15) is 0 Å². The summed E-state index contributed by atoms with van der Waals surface area (Å²) < 4.78 is 1.48. The first kappa shape index (κ1) is 10.0. The number of halogens is 3. The molecule has 1 N–H and O–H groups in total. The monoisotopic (exact) mass is 311 g/mol. The van der Waals surface area contributed by atoms with Crippen molar-refractivity contribution in [3.63, 3.8) is 0 Å². The molecule has 0 saturated heterocycles. The number of nitrogens with one attached hydrogen (secondary N) is 1. The first-order valence-corrected chi connectivity index (χ1v) is 4.96. The van der Waals surface area contributed by atoms with Gasteiger partial charge in [0.15, 0.2) is 0 Å². The van der Waals surface area contributed by atoms with Crippen LogP contribution in [0, 0.1) is 0 Å². The molecule has 0 saturated carbocycles. The maximum atomic E-state index is 10.1. The van der Waals surface area contributed by atoms with Crippen LogP contribution in [0.5, 0.6) is 0 Å². The molecule has 0 aromatic heterocycles. The standard InChI is InChI=1S/C7H4Br2ClNO/c8-5-1-4(11-3-12)2-6(9)7(5)10/h1-3H,(H,11,12). The number of rotatable bonds is 2. The summed E-state index contributed by atoms with van der Waals surface area (Å²) in [6.07, 6.45) is 0.613. The Hall–Kier alpha value is -0.0600. The van der Waals surface area contributed by atoms with Crippen molar-refractivity contribution in [2.45, 2.75) is 0 Å². The Labute approximate surface area is 91.5 Å². The van der Waals surface area contributed by atoms with Crippen LogP contribution < -0.4 is 5.32 Å². The summed E-state index contributed by atoms with van der Waals surface area (Å²) in [5.41, 5.74) is 0.688. The van der Waals surface area contributed by atoms with Gasteiger partial charge in [0.25, 0.3) is 0 Å². The second-order valence-corrected chi connectivity index (χ2v) is 4.10. The third kappa shape index (κ3) is 2.21. The summed E-state index contributed by atoms with van der Waals surface area (Å²) in [5.74, 6) is 0. The largest absolute Gasteiger partial charge is 0.329 e. The first-order chi connectivity index (χ1) is 5.65. The molecule has 1 aromatic rings. The molecule has 1 aromatic carbocycles. The number of anilines is 1. The minimum Gasteiger partial charge on any atom is -0.329 e. The number of carbonyl (C=O) groups excluding carboxylic acids is 1. The van der Waals surface area contributed by atoms with Crippen molar-refractivity contribution in [3.8, 4) is 0 Å². The van der Waals surface area contributed by atoms with Crippen LogP contribution in [0.15, 0.2) is 21.1 Å². The molecule has 0 aliphatic rings. The lowest BCUT2D eigenvalue weighted by molar-refractivity contribution is -0.105. The predicted octanol–water partition coefficient (Wildman–Crippen LogP) is 3.43. The zero-order chi connectivity index (χ0) is 9.14. The highest BCUT2D eigenvalue weighted by Gasteiger charge is 2.03. The van der Waals surface area contributed by atoms with E-state index in [1.807, 2.05) is 0 Å². The molecule has 5 heteroatoms. The SMILES string of the molecule is O=CNc1cc(Br)c(Cl)c(Br)c1. The fourth-order valence-corrected chi connectivity index (χ4v) is 2.00. The van der Waals surface area contributed by atoms with Gasteiger partial charge in [-0.15, -0.1) is 0 Å². The average molecular weight is 313 g/mol. The van der Waals surface area contributed by atoms with E-state index in [0.29, 0.717) is 17.1 Å². The van der Waals surface area contributed by atoms with Crippen LogP contribution in [-0.4, -0.2) is 6.41 Å². The zero-order valence-electron chi connectivity index (χ0n) is 5.77. The number of hydrogen-bond donors (Lipinski definition) is 1. The van der Waals surface area contributed by atoms with E-state index in [4.69, 9.17) is 11.6 Å². The molecule has 0 bridgehead atoms. The fraction of sp³-hybridized carbons (Fsp3) is 0. The van der Waals surface area contributed by atoms with E-state index in [-0.39, 0.29) is 0 Å². The lowest BCUT2D eigenvalue weighted by Gasteiger charge is -2.03. The minimum atomic E-state index is 0.589. The summed E-state index contributed by atoms with van der Waals surface area (Å²) in [4.78, 5) is 10.1. The molecule has 0 heterocycles. The second kappa shape index (κ2) is 4.25. The van der Waals surface area contributed by atoms with Gasteiger partial charge in [-0.3, -0.25) is 4.79 Å². The van der Waals surface area contributed by atoms with E-state index in [1.165, 1.54) is 0 Å². The van der Waals surface area contributed by atoms with Crippen molar-refractivity contribution in [3.05, 3.63) is 26.1 Å². The molecule has 0 radical (unpaired) electrons. The van der Waals surface area contributed by atoms with Crippen molar-refractivity contribution in [2.24, 2.45) is 0 Å². The van der Waals surface area contributed by atoms with Crippen LogP contribution in [0.1, 0.15) is 0 Å². The van der Waals surface area contributed by atoms with E-state index in [2.05, 4.69) is 37.2 Å². The number of amides is 1. The van der Waals surface area contributed by atoms with E-state index < -0.39 is 0 Å². The first-order valence-electron chi connectivity index (χ1n) is 3.00. The van der Waals surface area contributed by atoms with Gasteiger partial charge in [-0.25, -0.2) is 0 Å². The molecule has 12 heavy (non-hydrogen) atoms. The molecule has 2 nitrogen and oxygen atoms in total. The van der Waals surface area contributed by atoms with Gasteiger partial charge in [-0.1, -0.05) is 11.6 Å². The summed E-state index contributed by atoms with van der Waals surface area (Å²) >= 11 is 12.3. The van der Waals surface area contributed by atoms with Gasteiger partial charge in [0.05, 0.1) is 5.02 Å². The highest BCUT2D eigenvalue weighted by molar-refractivity contribution is 9.11. The Morgan fingerprint density at radius 2 is 1.83 bits per heavy atom. The van der Waals surface area contributed by atoms with Crippen molar-refractivity contribution in [1.82, 2.24) is 0 Å². The Morgan fingerprint density at radius 3 is 2.25 bits per heavy atom. The topological polar surface area (TPSA) is 29.1 Å². The Kier molecular flexibility index (Phi) is 3.55. The Morgan fingerprint density at radius 1 is 1.33 bits per heavy atom. The van der Waals surface area contributed by atoms with Crippen LogP contribution in [0.25, 0.3) is 0 Å². The molecule has 0 fully saturated rings. The van der Waals surface area contributed by atoms with Gasteiger partial charge in [0.2, 0.25) is 6.41 Å². The molecule has 1 rings (SSSR count). The highest BCUT2D eigenvalue weighted by atomic mass is 79.9. The summed E-state index contributed by atoms with van der Waals surface area (Å²) in [6, 6.07) is 3.45. The summed E-state index contributed by atoms with van der Waals surface area (Å²) in [5, 5.41) is 3.11. The predicted molar refractivity (Wildman–Crippen MR) is 56.5 cm³/mol. The molecule has 64 valence electrons. The zero-order valence-corrected chi connectivity index (χ0v) is 9.70. The fourth-order valence-electron chi connectivity index (χ4n) is 0.707. The molecule has 1 amide bonds. The Bertz CT molecular complexity index is 293. The van der Waals surface area contributed by atoms with Gasteiger partial charge >= 0.3 is 0 Å². The maximum absolute atomic E-state index is 10.1. The molecule has 0 spiro atoms. The minimum absolute atomic E-state index is 0.589. The molecule has 0 aliphatic heterocycles. The summed E-state index contributed by atoms with van der Waals surface area (Å²) in [7, 11) is 0. The van der Waals surface area contributed by atoms with Crippen molar-refractivity contribution in [2.75, 3.05) is 5.32 Å². The number of carbonyl (C=O) groups is 1. The van der Waals surface area contributed by atoms with Crippen LogP contribution in [0.4, 0.5) is 5.69 Å². The van der Waals surface area contributed by atoms with Crippen LogP contribution in [0.2, 0.25) is 5.02 Å². The normalized spacial score (nSPS) is 9.58. The van der Waals surface area contributed by atoms with Gasteiger partial charge in [0.1, 0.15) is 0 Å². The molecule has 0 unspecified atom stereocenters. The van der Waals surface area contributed by atoms with E-state index >= 15 is 0 Å². The van der Waals surface area contributed by atoms with E-state index in [0.717, 1.165) is 8.95 Å². The quantitative estimate of drug-likeness (QED) is 0.658. The van der Waals surface area contributed by atoms with Crippen molar-refractivity contribution in [1.29, 1.82) is 0 Å². The van der Waals surface area contributed by atoms with Gasteiger partial charge in [0, 0.05) is 14.6 Å². The van der Waals surface area contributed by atoms with E-state index in [9.17, 15) is 4.79 Å². The highest BCUT2D eigenvalue weighted by Crippen LogP contribution is 2.33. The number of benzene rings is 1. The molecular formula is C7H4Br2ClNO. The van der Waals surface area contributed by atoms with Crippen molar-refractivity contribution >= 4 is 55.6 Å². The van der Waals surface area contributed by atoms with Crippen LogP contribution >= 0.6 is 43.5 Å². The van der Waals surface area contributed by atoms with Crippen LogP contribution in [0.3, 0.4) is 0 Å². The molecule has 0 atom stereocenters. The Balaban J connectivity index is 3.11. The van der Waals surface area contributed by atoms with Crippen LogP contribution in [-0.2, 0) is 4.79 Å². The summed E-state index contributed by atoms with van der Waals surface area (Å²) in [6.45, 7) is 0. The maximum Gasteiger partial charge on any atom is 0.211 e. The average Bonchev–Trinajstić information content (AvgIpc) is 2.01. The van der Waals surface area contributed by atoms with Crippen molar-refractivity contribution < 1.29 is 4.79 Å². The lowest BCUT2D eigenvalue weighted by Crippen LogP contribution is -1.93. The molecule has 0 aliphatic carbocycles. The third-order valence-electron chi connectivity index (χ3n) is 1.21. The smallest absolute Gasteiger partial charge is 0.211 e. The van der Waals surface area contributed by atoms with Gasteiger partial charge < -0.3 is 5.32 Å². The lowest BCUT2D eigenvalue weighted by atomic mass is 10.3. The van der Waals surface area contributed by atoms with Gasteiger partial charge in [-0.05, 0) is 44.0 Å². The molecular weight excluding hydrogens is 309 g/mol.